The molecule has 0 bridgehead atoms. The lowest BCUT2D eigenvalue weighted by atomic mass is 10.0. The van der Waals surface area contributed by atoms with Crippen LogP contribution < -0.4 is 0 Å². The number of carboxylic acids is 1. The molecule has 0 saturated heterocycles. The van der Waals surface area contributed by atoms with Crippen LogP contribution >= 0.6 is 0 Å². The zero-order valence-corrected chi connectivity index (χ0v) is 9.66. The molecule has 0 unspecified atom stereocenters. The van der Waals surface area contributed by atoms with Crippen molar-refractivity contribution in [2.45, 2.75) is 19.8 Å². The van der Waals surface area contributed by atoms with Crippen molar-refractivity contribution < 1.29 is 15.0 Å². The van der Waals surface area contributed by atoms with Crippen LogP contribution in [0.3, 0.4) is 0 Å². The minimum atomic E-state index is -0.918. The van der Waals surface area contributed by atoms with E-state index >= 15 is 0 Å². The average Bonchev–Trinajstić information content (AvgIpc) is 2.61. The van der Waals surface area contributed by atoms with Gasteiger partial charge in [-0.1, -0.05) is 0 Å². The number of rotatable bonds is 4. The molecule has 1 aromatic carbocycles. The standard InChI is InChI=1S/C13H15NO3/c1-8-10(3-2-6-15)11-7-9(13(16)17)4-5-12(11)14-8/h4-5,7,14-15H,2-3,6H2,1H3,(H,16,17). The second kappa shape index (κ2) is 4.59. The van der Waals surface area contributed by atoms with Crippen LogP contribution in [0.4, 0.5) is 0 Å². The van der Waals surface area contributed by atoms with Crippen molar-refractivity contribution in [2.24, 2.45) is 0 Å². The minimum Gasteiger partial charge on any atom is -0.478 e. The van der Waals surface area contributed by atoms with Crippen molar-refractivity contribution in [3.63, 3.8) is 0 Å². The normalized spacial score (nSPS) is 10.9. The van der Waals surface area contributed by atoms with Crippen LogP contribution in [0.2, 0.25) is 0 Å². The predicted octanol–water partition coefficient (Wildman–Crippen LogP) is 2.10. The van der Waals surface area contributed by atoms with Crippen molar-refractivity contribution in [1.82, 2.24) is 4.98 Å². The third-order valence-corrected chi connectivity index (χ3v) is 2.95. The van der Waals surface area contributed by atoms with E-state index in [1.165, 1.54) is 0 Å². The predicted molar refractivity (Wildman–Crippen MR) is 65.4 cm³/mol. The Hall–Kier alpha value is -1.81. The Labute approximate surface area is 98.9 Å². The number of fused-ring (bicyclic) bond motifs is 1. The van der Waals surface area contributed by atoms with E-state index in [0.717, 1.165) is 28.6 Å². The monoisotopic (exact) mass is 233 g/mol. The van der Waals surface area contributed by atoms with E-state index in [4.69, 9.17) is 10.2 Å². The maximum Gasteiger partial charge on any atom is 0.335 e. The number of benzene rings is 1. The van der Waals surface area contributed by atoms with E-state index in [-0.39, 0.29) is 6.61 Å². The first kappa shape index (κ1) is 11.7. The lowest BCUT2D eigenvalue weighted by Gasteiger charge is -2.00. The van der Waals surface area contributed by atoms with Crippen molar-refractivity contribution >= 4 is 16.9 Å². The van der Waals surface area contributed by atoms with Crippen LogP contribution in [0, 0.1) is 6.92 Å². The molecule has 17 heavy (non-hydrogen) atoms. The van der Waals surface area contributed by atoms with E-state index in [1.807, 2.05) is 6.92 Å². The van der Waals surface area contributed by atoms with Gasteiger partial charge in [0, 0.05) is 23.2 Å². The van der Waals surface area contributed by atoms with Gasteiger partial charge in [-0.15, -0.1) is 0 Å². The van der Waals surface area contributed by atoms with Crippen molar-refractivity contribution in [2.75, 3.05) is 6.61 Å². The van der Waals surface area contributed by atoms with Crippen LogP contribution in [-0.2, 0) is 6.42 Å². The first-order chi connectivity index (χ1) is 8.13. The lowest BCUT2D eigenvalue weighted by Crippen LogP contribution is -1.96. The number of aromatic amines is 1. The Kier molecular flexibility index (Phi) is 3.15. The third kappa shape index (κ3) is 2.17. The van der Waals surface area contributed by atoms with E-state index in [0.29, 0.717) is 12.0 Å². The van der Waals surface area contributed by atoms with Crippen molar-refractivity contribution in [1.29, 1.82) is 0 Å². The van der Waals surface area contributed by atoms with Gasteiger partial charge in [-0.3, -0.25) is 0 Å². The minimum absolute atomic E-state index is 0.144. The summed E-state index contributed by atoms with van der Waals surface area (Å²) in [5.74, 6) is -0.918. The van der Waals surface area contributed by atoms with Gasteiger partial charge in [-0.2, -0.15) is 0 Å². The first-order valence-corrected chi connectivity index (χ1v) is 5.59. The zero-order chi connectivity index (χ0) is 12.4. The third-order valence-electron chi connectivity index (χ3n) is 2.95. The molecule has 2 aromatic rings. The van der Waals surface area contributed by atoms with Gasteiger partial charge in [-0.25, -0.2) is 4.79 Å². The summed E-state index contributed by atoms with van der Waals surface area (Å²) in [6, 6.07) is 5.07. The van der Waals surface area contributed by atoms with Crippen LogP contribution in [0.25, 0.3) is 10.9 Å². The number of aliphatic hydroxyl groups is 1. The summed E-state index contributed by atoms with van der Waals surface area (Å²) in [6.45, 7) is 2.11. The molecule has 1 heterocycles. The molecule has 3 N–H and O–H groups in total. The maximum atomic E-state index is 10.9. The Balaban J connectivity index is 2.52. The molecule has 4 heteroatoms. The van der Waals surface area contributed by atoms with Gasteiger partial charge < -0.3 is 15.2 Å². The molecule has 0 atom stereocenters. The van der Waals surface area contributed by atoms with E-state index in [9.17, 15) is 4.79 Å². The molecular weight excluding hydrogens is 218 g/mol. The molecule has 0 aliphatic carbocycles. The van der Waals surface area contributed by atoms with Gasteiger partial charge in [0.2, 0.25) is 0 Å². The largest absolute Gasteiger partial charge is 0.478 e. The zero-order valence-electron chi connectivity index (χ0n) is 9.66. The number of aromatic carboxylic acids is 1. The quantitative estimate of drug-likeness (QED) is 0.757. The molecule has 0 aliphatic rings. The highest BCUT2D eigenvalue weighted by Crippen LogP contribution is 2.24. The van der Waals surface area contributed by atoms with Crippen LogP contribution in [0.5, 0.6) is 0 Å². The molecule has 0 aliphatic heterocycles. The smallest absolute Gasteiger partial charge is 0.335 e. The Morgan fingerprint density at radius 2 is 2.18 bits per heavy atom. The van der Waals surface area contributed by atoms with Gasteiger partial charge in [0.25, 0.3) is 0 Å². The molecule has 0 saturated carbocycles. The van der Waals surface area contributed by atoms with E-state index in [1.54, 1.807) is 18.2 Å². The Morgan fingerprint density at radius 1 is 1.41 bits per heavy atom. The topological polar surface area (TPSA) is 73.3 Å². The molecule has 0 spiro atoms. The average molecular weight is 233 g/mol. The summed E-state index contributed by atoms with van der Waals surface area (Å²) in [7, 11) is 0. The van der Waals surface area contributed by atoms with Crippen molar-refractivity contribution in [3.05, 3.63) is 35.0 Å². The first-order valence-electron chi connectivity index (χ1n) is 5.59. The second-order valence-electron chi connectivity index (χ2n) is 4.12. The lowest BCUT2D eigenvalue weighted by molar-refractivity contribution is 0.0697. The van der Waals surface area contributed by atoms with Gasteiger partial charge in [0.05, 0.1) is 5.56 Å². The summed E-state index contributed by atoms with van der Waals surface area (Å²) in [5, 5.41) is 18.8. The van der Waals surface area contributed by atoms with Gasteiger partial charge >= 0.3 is 5.97 Å². The highest BCUT2D eigenvalue weighted by atomic mass is 16.4. The van der Waals surface area contributed by atoms with Gasteiger partial charge in [0.1, 0.15) is 0 Å². The number of hydrogen-bond donors (Lipinski definition) is 3. The molecular formula is C13H15NO3. The fourth-order valence-electron chi connectivity index (χ4n) is 2.09. The summed E-state index contributed by atoms with van der Waals surface area (Å²) >= 11 is 0. The fraction of sp³-hybridized carbons (Fsp3) is 0.308. The molecule has 1 aromatic heterocycles. The summed E-state index contributed by atoms with van der Waals surface area (Å²) in [6.07, 6.45) is 1.44. The Bertz CT molecular complexity index is 557. The van der Waals surface area contributed by atoms with Crippen LogP contribution in [0.15, 0.2) is 18.2 Å². The number of aromatic nitrogens is 1. The number of carbonyl (C=O) groups is 1. The SMILES string of the molecule is Cc1[nH]c2ccc(C(=O)O)cc2c1CCCO. The molecule has 2 rings (SSSR count). The maximum absolute atomic E-state index is 10.9. The number of hydrogen-bond acceptors (Lipinski definition) is 2. The highest BCUT2D eigenvalue weighted by molar-refractivity contribution is 5.95. The van der Waals surface area contributed by atoms with Gasteiger partial charge in [0.15, 0.2) is 0 Å². The summed E-state index contributed by atoms with van der Waals surface area (Å²) < 4.78 is 0. The summed E-state index contributed by atoms with van der Waals surface area (Å²) in [5.41, 5.74) is 3.37. The van der Waals surface area contributed by atoms with Crippen LogP contribution in [0.1, 0.15) is 28.0 Å². The molecule has 0 fully saturated rings. The number of carboxylic acid groups (broad SMARTS) is 1. The van der Waals surface area contributed by atoms with E-state index < -0.39 is 5.97 Å². The molecule has 4 nitrogen and oxygen atoms in total. The highest BCUT2D eigenvalue weighted by Gasteiger charge is 2.10. The number of H-pyrrole nitrogens is 1. The molecule has 0 radical (unpaired) electrons. The second-order valence-corrected chi connectivity index (χ2v) is 4.12. The van der Waals surface area contributed by atoms with Gasteiger partial charge in [-0.05, 0) is 43.5 Å². The number of nitrogens with one attached hydrogen (secondary N) is 1. The fourth-order valence-corrected chi connectivity index (χ4v) is 2.09. The Morgan fingerprint density at radius 3 is 2.82 bits per heavy atom. The number of aryl methyl sites for hydroxylation is 2. The molecule has 90 valence electrons. The van der Waals surface area contributed by atoms with Crippen molar-refractivity contribution in [3.8, 4) is 0 Å². The van der Waals surface area contributed by atoms with Crippen LogP contribution in [-0.4, -0.2) is 27.8 Å². The molecule has 0 amide bonds. The number of aliphatic hydroxyl groups excluding tert-OH is 1. The summed E-state index contributed by atoms with van der Waals surface area (Å²) in [4.78, 5) is 14.2. The van der Waals surface area contributed by atoms with E-state index in [2.05, 4.69) is 4.98 Å².